The van der Waals surface area contributed by atoms with Crippen LogP contribution in [0.1, 0.15) is 23.3 Å². The fraction of sp³-hybridized carbons (Fsp3) is 0.200. The first kappa shape index (κ1) is 11.5. The van der Waals surface area contributed by atoms with E-state index in [-0.39, 0.29) is 19.2 Å². The monoisotopic (exact) mass is 237 g/mol. The Morgan fingerprint density at radius 1 is 0.889 bits per heavy atom. The van der Waals surface area contributed by atoms with Crippen molar-refractivity contribution in [3.63, 3.8) is 0 Å². The van der Waals surface area contributed by atoms with Crippen LogP contribution in [0.15, 0.2) is 60.7 Å². The van der Waals surface area contributed by atoms with Gasteiger partial charge in [0.15, 0.2) is 0 Å². The Morgan fingerprint density at radius 2 is 1.44 bits per heavy atom. The molecule has 3 rings (SSSR count). The predicted octanol–water partition coefficient (Wildman–Crippen LogP) is 3.21. The Kier molecular flexibility index (Phi) is 3.18. The van der Waals surface area contributed by atoms with Crippen LogP contribution in [-0.2, 0) is 4.65 Å². The molecular weight excluding hydrogens is 221 g/mol. The van der Waals surface area contributed by atoms with Crippen LogP contribution in [0.4, 0.5) is 0 Å². The molecule has 18 heavy (non-hydrogen) atoms. The molecule has 0 aliphatic carbocycles. The van der Waals surface area contributed by atoms with Crippen molar-refractivity contribution in [1.29, 1.82) is 0 Å². The van der Waals surface area contributed by atoms with Crippen LogP contribution in [0.3, 0.4) is 0 Å². The smallest absolute Gasteiger partial charge is 0.377 e. The Labute approximate surface area is 108 Å². The third kappa shape index (κ3) is 2.19. The van der Waals surface area contributed by atoms with Gasteiger partial charge in [-0.05, 0) is 17.9 Å². The molecule has 0 aromatic heterocycles. The average Bonchev–Trinajstić information content (AvgIpc) is 2.83. The SMILES string of the molecule is CB1NC(c2ccccc2)C(c2ccccc2)O1. The van der Waals surface area contributed by atoms with Gasteiger partial charge in [0, 0.05) is 0 Å². The van der Waals surface area contributed by atoms with Crippen molar-refractivity contribution < 1.29 is 4.65 Å². The third-order valence-electron chi connectivity index (χ3n) is 3.35. The van der Waals surface area contributed by atoms with Gasteiger partial charge in [0.25, 0.3) is 0 Å². The molecule has 2 unspecified atom stereocenters. The van der Waals surface area contributed by atoms with Crippen LogP contribution in [0.2, 0.25) is 6.82 Å². The zero-order chi connectivity index (χ0) is 12.4. The minimum atomic E-state index is 0.0837. The van der Waals surface area contributed by atoms with E-state index in [0.29, 0.717) is 0 Å². The van der Waals surface area contributed by atoms with E-state index in [4.69, 9.17) is 4.65 Å². The third-order valence-corrected chi connectivity index (χ3v) is 3.35. The summed E-state index contributed by atoms with van der Waals surface area (Å²) in [6, 6.07) is 21.1. The quantitative estimate of drug-likeness (QED) is 0.809. The maximum Gasteiger partial charge on any atom is 0.377 e. The fourth-order valence-electron chi connectivity index (χ4n) is 2.52. The zero-order valence-electron chi connectivity index (χ0n) is 10.4. The molecule has 2 aromatic carbocycles. The van der Waals surface area contributed by atoms with Gasteiger partial charge in [0.1, 0.15) is 0 Å². The van der Waals surface area contributed by atoms with Crippen LogP contribution < -0.4 is 5.23 Å². The van der Waals surface area contributed by atoms with Crippen molar-refractivity contribution in [2.75, 3.05) is 0 Å². The van der Waals surface area contributed by atoms with E-state index in [1.807, 2.05) is 12.1 Å². The molecule has 3 heteroatoms. The molecule has 2 aromatic rings. The Balaban J connectivity index is 1.93. The van der Waals surface area contributed by atoms with E-state index in [9.17, 15) is 0 Å². The molecule has 0 bridgehead atoms. The molecule has 1 aliphatic heterocycles. The standard InChI is InChI=1S/C15H16BNO/c1-16-17-14(12-8-4-2-5-9-12)15(18-16)13-10-6-3-7-11-13/h2-11,14-15,17H,1H3. The lowest BCUT2D eigenvalue weighted by molar-refractivity contribution is 0.216. The Morgan fingerprint density at radius 3 is 2.06 bits per heavy atom. The summed E-state index contributed by atoms with van der Waals surface area (Å²) >= 11 is 0. The van der Waals surface area contributed by atoms with E-state index >= 15 is 0 Å². The van der Waals surface area contributed by atoms with Gasteiger partial charge in [-0.2, -0.15) is 0 Å². The lowest BCUT2D eigenvalue weighted by Crippen LogP contribution is -2.26. The molecule has 0 amide bonds. The summed E-state index contributed by atoms with van der Waals surface area (Å²) in [4.78, 5) is 0. The largest absolute Gasteiger partial charge is 0.413 e. The Bertz CT molecular complexity index is 455. The number of benzene rings is 2. The molecule has 1 fully saturated rings. The number of hydrogen-bond donors (Lipinski definition) is 1. The summed E-state index contributed by atoms with van der Waals surface area (Å²) in [5.74, 6) is 0. The van der Waals surface area contributed by atoms with Gasteiger partial charge in [-0.25, -0.2) is 0 Å². The first-order chi connectivity index (χ1) is 8.84. The summed E-state index contributed by atoms with van der Waals surface area (Å²) < 4.78 is 6.00. The van der Waals surface area contributed by atoms with E-state index in [1.165, 1.54) is 11.1 Å². The van der Waals surface area contributed by atoms with Crippen LogP contribution in [-0.4, -0.2) is 7.05 Å². The van der Waals surface area contributed by atoms with Gasteiger partial charge in [-0.1, -0.05) is 60.7 Å². The average molecular weight is 237 g/mol. The molecule has 2 atom stereocenters. The van der Waals surface area contributed by atoms with Crippen molar-refractivity contribution in [3.05, 3.63) is 71.8 Å². The van der Waals surface area contributed by atoms with E-state index < -0.39 is 0 Å². The normalized spacial score (nSPS) is 23.3. The minimum absolute atomic E-state index is 0.0837. The lowest BCUT2D eigenvalue weighted by atomic mass is 9.88. The second-order valence-corrected chi connectivity index (χ2v) is 4.66. The van der Waals surface area contributed by atoms with Crippen LogP contribution in [0.25, 0.3) is 0 Å². The van der Waals surface area contributed by atoms with Gasteiger partial charge in [-0.3, -0.25) is 0 Å². The molecule has 90 valence electrons. The molecule has 0 radical (unpaired) electrons. The predicted molar refractivity (Wildman–Crippen MR) is 74.2 cm³/mol. The molecule has 1 saturated heterocycles. The van der Waals surface area contributed by atoms with Crippen LogP contribution >= 0.6 is 0 Å². The Hall–Kier alpha value is -1.58. The second-order valence-electron chi connectivity index (χ2n) is 4.66. The van der Waals surface area contributed by atoms with Crippen molar-refractivity contribution in [3.8, 4) is 0 Å². The number of nitrogens with one attached hydrogen (secondary N) is 1. The van der Waals surface area contributed by atoms with Gasteiger partial charge in [0.2, 0.25) is 0 Å². The first-order valence-electron chi connectivity index (χ1n) is 6.36. The molecule has 0 saturated carbocycles. The second kappa shape index (κ2) is 4.97. The molecule has 1 heterocycles. The van der Waals surface area contributed by atoms with Gasteiger partial charge in [-0.15, -0.1) is 0 Å². The summed E-state index contributed by atoms with van der Waals surface area (Å²) in [5, 5.41) is 3.50. The van der Waals surface area contributed by atoms with Gasteiger partial charge in [0.05, 0.1) is 12.1 Å². The molecule has 0 spiro atoms. The van der Waals surface area contributed by atoms with Gasteiger partial charge < -0.3 is 9.88 Å². The maximum absolute atomic E-state index is 6.00. The number of hydrogen-bond acceptors (Lipinski definition) is 2. The summed E-state index contributed by atoms with van der Waals surface area (Å²) in [6.45, 7) is 2.05. The summed E-state index contributed by atoms with van der Waals surface area (Å²) in [6.07, 6.45) is 0.0867. The topological polar surface area (TPSA) is 21.3 Å². The highest BCUT2D eigenvalue weighted by Gasteiger charge is 2.36. The van der Waals surface area contributed by atoms with E-state index in [2.05, 4.69) is 60.6 Å². The summed E-state index contributed by atoms with van der Waals surface area (Å²) in [7, 11) is 0.0837. The van der Waals surface area contributed by atoms with E-state index in [1.54, 1.807) is 0 Å². The minimum Gasteiger partial charge on any atom is -0.413 e. The van der Waals surface area contributed by atoms with Gasteiger partial charge >= 0.3 is 7.05 Å². The lowest BCUT2D eigenvalue weighted by Gasteiger charge is -2.20. The van der Waals surface area contributed by atoms with Crippen molar-refractivity contribution in [1.82, 2.24) is 5.23 Å². The van der Waals surface area contributed by atoms with Crippen LogP contribution in [0.5, 0.6) is 0 Å². The highest BCUT2D eigenvalue weighted by Crippen LogP contribution is 2.36. The van der Waals surface area contributed by atoms with E-state index in [0.717, 1.165) is 0 Å². The first-order valence-corrected chi connectivity index (χ1v) is 6.36. The molecular formula is C15H16BNO. The highest BCUT2D eigenvalue weighted by atomic mass is 16.5. The molecule has 1 N–H and O–H groups in total. The van der Waals surface area contributed by atoms with Crippen molar-refractivity contribution in [2.45, 2.75) is 19.0 Å². The molecule has 1 aliphatic rings. The zero-order valence-corrected chi connectivity index (χ0v) is 10.4. The maximum atomic E-state index is 6.00. The summed E-state index contributed by atoms with van der Waals surface area (Å²) in [5.41, 5.74) is 2.50. The van der Waals surface area contributed by atoms with Crippen molar-refractivity contribution >= 4 is 7.05 Å². The fourth-order valence-corrected chi connectivity index (χ4v) is 2.52. The highest BCUT2D eigenvalue weighted by molar-refractivity contribution is 6.48. The van der Waals surface area contributed by atoms with Crippen LogP contribution in [0, 0.1) is 0 Å². The molecule has 2 nitrogen and oxygen atoms in total. The van der Waals surface area contributed by atoms with Crippen molar-refractivity contribution in [2.24, 2.45) is 0 Å². The number of rotatable bonds is 2.